The van der Waals surface area contributed by atoms with Gasteiger partial charge in [0.1, 0.15) is 0 Å². The van der Waals surface area contributed by atoms with Crippen molar-refractivity contribution in [3.63, 3.8) is 0 Å². The predicted octanol–water partition coefficient (Wildman–Crippen LogP) is 4.91. The molecule has 0 saturated heterocycles. The molecule has 0 amide bonds. The Morgan fingerprint density at radius 3 is 2.53 bits per heavy atom. The number of nitrogens with one attached hydrogen (secondary N) is 1. The van der Waals surface area contributed by atoms with Crippen molar-refractivity contribution in [2.75, 3.05) is 6.54 Å². The summed E-state index contributed by atoms with van der Waals surface area (Å²) in [7, 11) is 0. The van der Waals surface area contributed by atoms with Gasteiger partial charge in [0.15, 0.2) is 0 Å². The van der Waals surface area contributed by atoms with Crippen molar-refractivity contribution in [2.24, 2.45) is 0 Å². The Bertz CT molecular complexity index is 537. The lowest BCUT2D eigenvalue weighted by molar-refractivity contribution is 0.718. The Morgan fingerprint density at radius 1 is 1.11 bits per heavy atom. The van der Waals surface area contributed by atoms with Crippen LogP contribution in [0.25, 0.3) is 0 Å². The Hall–Kier alpha value is -0.960. The second-order valence-corrected chi connectivity index (χ2v) is 6.00. The first-order valence-electron chi connectivity index (χ1n) is 6.42. The number of aryl methyl sites for hydroxylation is 1. The molecule has 2 rings (SSSR count). The number of hydrogen-bond acceptors (Lipinski definition) is 2. The summed E-state index contributed by atoms with van der Waals surface area (Å²) in [6, 6.07) is 14.7. The fraction of sp³-hybridized carbons (Fsp3) is 0.250. The fourth-order valence-electron chi connectivity index (χ4n) is 1.76. The van der Waals surface area contributed by atoms with Crippen LogP contribution in [-0.2, 0) is 6.54 Å². The van der Waals surface area contributed by atoms with Gasteiger partial charge in [0.25, 0.3) is 0 Å². The van der Waals surface area contributed by atoms with Crippen LogP contribution in [0.4, 0.5) is 0 Å². The maximum atomic E-state index is 6.11. The maximum absolute atomic E-state index is 6.11. The summed E-state index contributed by atoms with van der Waals surface area (Å²) in [6.07, 6.45) is 0. The molecule has 0 bridgehead atoms. The van der Waals surface area contributed by atoms with Crippen molar-refractivity contribution >= 4 is 23.4 Å². The van der Waals surface area contributed by atoms with Gasteiger partial charge in [0.2, 0.25) is 0 Å². The second kappa shape index (κ2) is 6.99. The van der Waals surface area contributed by atoms with Gasteiger partial charge in [0, 0.05) is 21.4 Å². The molecule has 1 nitrogen and oxygen atoms in total. The van der Waals surface area contributed by atoms with Gasteiger partial charge < -0.3 is 5.32 Å². The van der Waals surface area contributed by atoms with Crippen LogP contribution in [0.2, 0.25) is 5.02 Å². The molecule has 1 N–H and O–H groups in total. The average Bonchev–Trinajstić information content (AvgIpc) is 2.40. The largest absolute Gasteiger partial charge is 0.313 e. The van der Waals surface area contributed by atoms with Gasteiger partial charge in [0.05, 0.1) is 0 Å². The standard InChI is InChI=1S/C16H18ClNS/c1-3-18-11-13-6-7-14(17)10-16(13)19-15-8-4-12(2)5-9-15/h4-10,18H,3,11H2,1-2H3. The molecular weight excluding hydrogens is 274 g/mol. The molecule has 0 radical (unpaired) electrons. The highest BCUT2D eigenvalue weighted by Gasteiger charge is 2.05. The molecule has 0 saturated carbocycles. The van der Waals surface area contributed by atoms with Crippen LogP contribution in [-0.4, -0.2) is 6.54 Å². The number of rotatable bonds is 5. The lowest BCUT2D eigenvalue weighted by Crippen LogP contribution is -2.12. The van der Waals surface area contributed by atoms with Gasteiger partial charge in [-0.2, -0.15) is 0 Å². The van der Waals surface area contributed by atoms with E-state index < -0.39 is 0 Å². The molecule has 0 unspecified atom stereocenters. The number of hydrogen-bond donors (Lipinski definition) is 1. The Labute approximate surface area is 124 Å². The summed E-state index contributed by atoms with van der Waals surface area (Å²) in [4.78, 5) is 2.46. The molecule has 3 heteroatoms. The fourth-order valence-corrected chi connectivity index (χ4v) is 2.98. The van der Waals surface area contributed by atoms with Gasteiger partial charge in [-0.15, -0.1) is 0 Å². The highest BCUT2D eigenvalue weighted by atomic mass is 35.5. The highest BCUT2D eigenvalue weighted by molar-refractivity contribution is 7.99. The van der Waals surface area contributed by atoms with Crippen molar-refractivity contribution in [1.82, 2.24) is 5.32 Å². The number of benzene rings is 2. The third-order valence-electron chi connectivity index (χ3n) is 2.84. The van der Waals surface area contributed by atoms with Crippen LogP contribution in [0.3, 0.4) is 0 Å². The van der Waals surface area contributed by atoms with Crippen molar-refractivity contribution in [3.8, 4) is 0 Å². The molecular formula is C16H18ClNS. The minimum atomic E-state index is 0.787. The number of halogens is 1. The van der Waals surface area contributed by atoms with E-state index in [1.807, 2.05) is 12.1 Å². The summed E-state index contributed by atoms with van der Waals surface area (Å²) in [6.45, 7) is 6.06. The molecule has 0 atom stereocenters. The van der Waals surface area contributed by atoms with Gasteiger partial charge in [-0.3, -0.25) is 0 Å². The summed E-state index contributed by atoms with van der Waals surface area (Å²) < 4.78 is 0. The van der Waals surface area contributed by atoms with E-state index in [-0.39, 0.29) is 0 Å². The molecule has 0 aromatic heterocycles. The highest BCUT2D eigenvalue weighted by Crippen LogP contribution is 2.32. The molecule has 0 aliphatic heterocycles. The summed E-state index contributed by atoms with van der Waals surface area (Å²) in [5.74, 6) is 0. The van der Waals surface area contributed by atoms with Crippen molar-refractivity contribution < 1.29 is 0 Å². The van der Waals surface area contributed by atoms with Gasteiger partial charge in [-0.05, 0) is 43.3 Å². The van der Waals surface area contributed by atoms with Crippen LogP contribution in [0, 0.1) is 6.92 Å². The smallest absolute Gasteiger partial charge is 0.0417 e. The van der Waals surface area contributed by atoms with Crippen LogP contribution in [0.5, 0.6) is 0 Å². The van der Waals surface area contributed by atoms with Crippen LogP contribution in [0.15, 0.2) is 52.3 Å². The van der Waals surface area contributed by atoms with E-state index >= 15 is 0 Å². The van der Waals surface area contributed by atoms with Crippen LogP contribution in [0.1, 0.15) is 18.1 Å². The average molecular weight is 292 g/mol. The lowest BCUT2D eigenvalue weighted by Gasteiger charge is -2.10. The monoisotopic (exact) mass is 291 g/mol. The van der Waals surface area contributed by atoms with Crippen LogP contribution >= 0.6 is 23.4 Å². The molecule has 100 valence electrons. The lowest BCUT2D eigenvalue weighted by atomic mass is 10.2. The maximum Gasteiger partial charge on any atom is 0.0417 e. The van der Waals surface area contributed by atoms with Crippen molar-refractivity contribution in [2.45, 2.75) is 30.2 Å². The third kappa shape index (κ3) is 4.27. The third-order valence-corrected chi connectivity index (χ3v) is 4.19. The predicted molar refractivity (Wildman–Crippen MR) is 84.1 cm³/mol. The van der Waals surface area contributed by atoms with Crippen LogP contribution < -0.4 is 5.32 Å². The topological polar surface area (TPSA) is 12.0 Å². The van der Waals surface area contributed by atoms with Crippen molar-refractivity contribution in [3.05, 3.63) is 58.6 Å². The Balaban J connectivity index is 2.22. The zero-order valence-corrected chi connectivity index (χ0v) is 12.8. The van der Waals surface area contributed by atoms with E-state index in [0.717, 1.165) is 18.1 Å². The van der Waals surface area contributed by atoms with E-state index in [2.05, 4.69) is 49.5 Å². The molecule has 0 spiro atoms. The summed E-state index contributed by atoms with van der Waals surface area (Å²) >= 11 is 7.87. The first-order valence-corrected chi connectivity index (χ1v) is 7.62. The second-order valence-electron chi connectivity index (χ2n) is 4.45. The molecule has 0 aliphatic carbocycles. The first kappa shape index (κ1) is 14.4. The minimum absolute atomic E-state index is 0.787. The van der Waals surface area contributed by atoms with Gasteiger partial charge >= 0.3 is 0 Å². The SMILES string of the molecule is CCNCc1ccc(Cl)cc1Sc1ccc(C)cc1. The molecule has 0 heterocycles. The molecule has 0 aliphatic rings. The molecule has 2 aromatic carbocycles. The van der Waals surface area contributed by atoms with Gasteiger partial charge in [-0.1, -0.05) is 54.0 Å². The van der Waals surface area contributed by atoms with E-state index in [1.165, 1.54) is 20.9 Å². The quantitative estimate of drug-likeness (QED) is 0.840. The zero-order chi connectivity index (χ0) is 13.7. The molecule has 2 aromatic rings. The Morgan fingerprint density at radius 2 is 1.84 bits per heavy atom. The summed E-state index contributed by atoms with van der Waals surface area (Å²) in [5, 5.41) is 4.15. The minimum Gasteiger partial charge on any atom is -0.313 e. The summed E-state index contributed by atoms with van der Waals surface area (Å²) in [5.41, 5.74) is 2.57. The van der Waals surface area contributed by atoms with Crippen molar-refractivity contribution in [1.29, 1.82) is 0 Å². The van der Waals surface area contributed by atoms with E-state index in [1.54, 1.807) is 11.8 Å². The van der Waals surface area contributed by atoms with Gasteiger partial charge in [-0.25, -0.2) is 0 Å². The molecule has 0 fully saturated rings. The van der Waals surface area contributed by atoms with E-state index in [0.29, 0.717) is 0 Å². The van der Waals surface area contributed by atoms with E-state index in [4.69, 9.17) is 11.6 Å². The Kier molecular flexibility index (Phi) is 5.32. The normalized spacial score (nSPS) is 10.7. The van der Waals surface area contributed by atoms with E-state index in [9.17, 15) is 0 Å². The first-order chi connectivity index (χ1) is 9.19. The zero-order valence-electron chi connectivity index (χ0n) is 11.2. The molecule has 19 heavy (non-hydrogen) atoms.